The van der Waals surface area contributed by atoms with E-state index in [9.17, 15) is 0 Å². The second kappa shape index (κ2) is 5.83. The molecular formula is C14H20ClNO. The van der Waals surface area contributed by atoms with Gasteiger partial charge in [-0.2, -0.15) is 0 Å². The Morgan fingerprint density at radius 2 is 1.94 bits per heavy atom. The predicted octanol–water partition coefficient (Wildman–Crippen LogP) is 4.08. The van der Waals surface area contributed by atoms with Gasteiger partial charge in [0.05, 0.1) is 18.4 Å². The van der Waals surface area contributed by atoms with Crippen LogP contribution in [0.2, 0.25) is 5.15 Å². The molecule has 2 unspecified atom stereocenters. The van der Waals surface area contributed by atoms with E-state index >= 15 is 0 Å². The fourth-order valence-corrected chi connectivity index (χ4v) is 2.92. The molecule has 2 rings (SSSR count). The monoisotopic (exact) mass is 253 g/mol. The maximum absolute atomic E-state index is 5.94. The highest BCUT2D eigenvalue weighted by atomic mass is 35.5. The molecule has 1 aromatic heterocycles. The summed E-state index contributed by atoms with van der Waals surface area (Å²) in [7, 11) is 0. The van der Waals surface area contributed by atoms with Crippen LogP contribution in [0.3, 0.4) is 0 Å². The van der Waals surface area contributed by atoms with Crippen molar-refractivity contribution < 1.29 is 4.74 Å². The van der Waals surface area contributed by atoms with E-state index in [-0.39, 0.29) is 0 Å². The predicted molar refractivity (Wildman–Crippen MR) is 70.0 cm³/mol. The minimum atomic E-state index is 0.384. The topological polar surface area (TPSA) is 22.1 Å². The lowest BCUT2D eigenvalue weighted by Crippen LogP contribution is -2.26. The third-order valence-corrected chi connectivity index (χ3v) is 3.59. The molecule has 1 heterocycles. The van der Waals surface area contributed by atoms with Gasteiger partial charge in [0.2, 0.25) is 0 Å². The molecule has 0 amide bonds. The second-order valence-corrected chi connectivity index (χ2v) is 5.69. The van der Waals surface area contributed by atoms with Gasteiger partial charge in [-0.05, 0) is 43.2 Å². The molecule has 0 bridgehead atoms. The first-order chi connectivity index (χ1) is 8.13. The lowest BCUT2D eigenvalue weighted by atomic mass is 9.82. The van der Waals surface area contributed by atoms with E-state index < -0.39 is 0 Å². The van der Waals surface area contributed by atoms with Crippen LogP contribution in [0, 0.1) is 11.8 Å². The molecule has 0 radical (unpaired) electrons. The molecule has 1 saturated carbocycles. The summed E-state index contributed by atoms with van der Waals surface area (Å²) in [6.45, 7) is 5.19. The summed E-state index contributed by atoms with van der Waals surface area (Å²) in [5.41, 5.74) is 0.920. The van der Waals surface area contributed by atoms with Crippen molar-refractivity contribution in [3.8, 4) is 0 Å². The van der Waals surface area contributed by atoms with Gasteiger partial charge in [0.25, 0.3) is 0 Å². The van der Waals surface area contributed by atoms with Gasteiger partial charge in [-0.15, -0.1) is 0 Å². The Balaban J connectivity index is 1.85. The molecule has 94 valence electrons. The van der Waals surface area contributed by atoms with Crippen molar-refractivity contribution in [3.05, 3.63) is 29.0 Å². The zero-order valence-electron chi connectivity index (χ0n) is 10.5. The van der Waals surface area contributed by atoms with Crippen LogP contribution in [0.5, 0.6) is 0 Å². The molecular weight excluding hydrogens is 234 g/mol. The number of nitrogens with zero attached hydrogens (tertiary/aromatic N) is 1. The van der Waals surface area contributed by atoms with Crippen molar-refractivity contribution in [3.63, 3.8) is 0 Å². The molecule has 1 aliphatic rings. The van der Waals surface area contributed by atoms with Crippen LogP contribution in [0.1, 0.15) is 38.8 Å². The van der Waals surface area contributed by atoms with Crippen molar-refractivity contribution in [1.29, 1.82) is 0 Å². The number of hydrogen-bond donors (Lipinski definition) is 0. The van der Waals surface area contributed by atoms with Crippen LogP contribution in [-0.2, 0) is 11.3 Å². The first-order valence-corrected chi connectivity index (χ1v) is 6.74. The van der Waals surface area contributed by atoms with Crippen LogP contribution < -0.4 is 0 Å². The largest absolute Gasteiger partial charge is 0.372 e. The molecule has 0 N–H and O–H groups in total. The van der Waals surface area contributed by atoms with Gasteiger partial charge in [0.15, 0.2) is 0 Å². The average Bonchev–Trinajstić information content (AvgIpc) is 2.25. The summed E-state index contributed by atoms with van der Waals surface area (Å²) in [6.07, 6.45) is 4.06. The van der Waals surface area contributed by atoms with E-state index in [1.807, 2.05) is 12.1 Å². The van der Waals surface area contributed by atoms with Crippen LogP contribution in [0.4, 0.5) is 0 Å². The average molecular weight is 254 g/mol. The van der Waals surface area contributed by atoms with Gasteiger partial charge in [-0.25, -0.2) is 4.98 Å². The summed E-state index contributed by atoms with van der Waals surface area (Å²) in [4.78, 5) is 4.24. The SMILES string of the molecule is CC1CC(C)CC(OCc2cccc(Cl)n2)C1. The van der Waals surface area contributed by atoms with Crippen molar-refractivity contribution in [2.75, 3.05) is 0 Å². The Morgan fingerprint density at radius 1 is 1.24 bits per heavy atom. The molecule has 17 heavy (non-hydrogen) atoms. The summed E-state index contributed by atoms with van der Waals surface area (Å²) in [6, 6.07) is 5.66. The van der Waals surface area contributed by atoms with Gasteiger partial charge in [0, 0.05) is 0 Å². The number of ether oxygens (including phenoxy) is 1. The van der Waals surface area contributed by atoms with E-state index in [1.165, 1.54) is 19.3 Å². The van der Waals surface area contributed by atoms with E-state index in [2.05, 4.69) is 18.8 Å². The Kier molecular flexibility index (Phi) is 4.41. The molecule has 2 nitrogen and oxygen atoms in total. The van der Waals surface area contributed by atoms with Crippen molar-refractivity contribution in [2.45, 2.75) is 45.8 Å². The maximum Gasteiger partial charge on any atom is 0.129 e. The van der Waals surface area contributed by atoms with Crippen LogP contribution in [0.25, 0.3) is 0 Å². The maximum atomic E-state index is 5.94. The Morgan fingerprint density at radius 3 is 2.59 bits per heavy atom. The molecule has 0 saturated heterocycles. The van der Waals surface area contributed by atoms with Crippen molar-refractivity contribution >= 4 is 11.6 Å². The van der Waals surface area contributed by atoms with Gasteiger partial charge in [-0.1, -0.05) is 31.5 Å². The Labute approximate surface area is 108 Å². The number of aromatic nitrogens is 1. The lowest BCUT2D eigenvalue weighted by molar-refractivity contribution is -0.0105. The fourth-order valence-electron chi connectivity index (χ4n) is 2.74. The quantitative estimate of drug-likeness (QED) is 0.758. The fraction of sp³-hybridized carbons (Fsp3) is 0.643. The van der Waals surface area contributed by atoms with Gasteiger partial charge in [0.1, 0.15) is 5.15 Å². The summed E-state index contributed by atoms with van der Waals surface area (Å²) in [5.74, 6) is 1.55. The third kappa shape index (κ3) is 3.97. The molecule has 2 atom stereocenters. The Bertz CT molecular complexity index is 359. The molecule has 3 heteroatoms. The number of rotatable bonds is 3. The van der Waals surface area contributed by atoms with Crippen LogP contribution in [-0.4, -0.2) is 11.1 Å². The van der Waals surface area contributed by atoms with Crippen molar-refractivity contribution in [2.24, 2.45) is 11.8 Å². The van der Waals surface area contributed by atoms with Crippen molar-refractivity contribution in [1.82, 2.24) is 4.98 Å². The number of halogens is 1. The van der Waals surface area contributed by atoms with E-state index in [0.29, 0.717) is 17.9 Å². The minimum Gasteiger partial charge on any atom is -0.372 e. The lowest BCUT2D eigenvalue weighted by Gasteiger charge is -2.31. The highest BCUT2D eigenvalue weighted by molar-refractivity contribution is 6.29. The van der Waals surface area contributed by atoms with Crippen LogP contribution in [0.15, 0.2) is 18.2 Å². The first kappa shape index (κ1) is 12.8. The highest BCUT2D eigenvalue weighted by Gasteiger charge is 2.24. The van der Waals surface area contributed by atoms with Crippen LogP contribution >= 0.6 is 11.6 Å². The summed E-state index contributed by atoms with van der Waals surface area (Å²) in [5, 5.41) is 0.538. The molecule has 0 spiro atoms. The molecule has 1 aromatic rings. The summed E-state index contributed by atoms with van der Waals surface area (Å²) < 4.78 is 5.94. The molecule has 1 aliphatic carbocycles. The number of pyridine rings is 1. The van der Waals surface area contributed by atoms with Gasteiger partial charge < -0.3 is 4.74 Å². The standard InChI is InChI=1S/C14H20ClNO/c1-10-6-11(2)8-13(7-10)17-9-12-4-3-5-14(15)16-12/h3-5,10-11,13H,6-9H2,1-2H3. The second-order valence-electron chi connectivity index (χ2n) is 5.30. The van der Waals surface area contributed by atoms with Gasteiger partial charge >= 0.3 is 0 Å². The number of hydrogen-bond acceptors (Lipinski definition) is 2. The Hall–Kier alpha value is -0.600. The smallest absolute Gasteiger partial charge is 0.129 e. The highest BCUT2D eigenvalue weighted by Crippen LogP contribution is 2.30. The normalized spacial score (nSPS) is 29.2. The zero-order valence-corrected chi connectivity index (χ0v) is 11.3. The van der Waals surface area contributed by atoms with Gasteiger partial charge in [-0.3, -0.25) is 0 Å². The molecule has 1 fully saturated rings. The zero-order chi connectivity index (χ0) is 12.3. The van der Waals surface area contributed by atoms with E-state index in [0.717, 1.165) is 17.5 Å². The first-order valence-electron chi connectivity index (χ1n) is 6.36. The third-order valence-electron chi connectivity index (χ3n) is 3.37. The molecule has 0 aliphatic heterocycles. The molecule has 0 aromatic carbocycles. The summed E-state index contributed by atoms with van der Waals surface area (Å²) >= 11 is 5.85. The van der Waals surface area contributed by atoms with E-state index in [1.54, 1.807) is 6.07 Å². The minimum absolute atomic E-state index is 0.384. The van der Waals surface area contributed by atoms with E-state index in [4.69, 9.17) is 16.3 Å².